The van der Waals surface area contributed by atoms with Crippen LogP contribution < -0.4 is 0 Å². The lowest BCUT2D eigenvalue weighted by Crippen LogP contribution is -2.02. The van der Waals surface area contributed by atoms with Crippen molar-refractivity contribution in [3.05, 3.63) is 188 Å². The maximum atomic E-state index is 6.42. The molecule has 0 bridgehead atoms. The normalized spacial score (nSPS) is 11.9. The predicted molar refractivity (Wildman–Crippen MR) is 228 cm³/mol. The maximum Gasteiger partial charge on any atom is 0.182 e. The molecule has 8 aromatic carbocycles. The fourth-order valence-corrected chi connectivity index (χ4v) is 8.72. The molecular formula is C50H31N5O. The van der Waals surface area contributed by atoms with Gasteiger partial charge in [0.15, 0.2) is 11.6 Å². The van der Waals surface area contributed by atoms with E-state index in [1.165, 1.54) is 16.2 Å². The summed E-state index contributed by atoms with van der Waals surface area (Å²) in [6.45, 7) is 0. The third-order valence-corrected chi connectivity index (χ3v) is 11.1. The molecule has 0 saturated heterocycles. The molecule has 6 nitrogen and oxygen atoms in total. The van der Waals surface area contributed by atoms with Gasteiger partial charge in [0.1, 0.15) is 11.2 Å². The highest BCUT2D eigenvalue weighted by Gasteiger charge is 2.23. The Balaban J connectivity index is 1.15. The Morgan fingerprint density at radius 3 is 1.73 bits per heavy atom. The molecule has 0 saturated carbocycles. The number of hydrogen-bond acceptors (Lipinski definition) is 3. The van der Waals surface area contributed by atoms with Crippen LogP contribution in [0.25, 0.3) is 105 Å². The topological polar surface area (TPSA) is 53.7 Å². The smallest absolute Gasteiger partial charge is 0.182 e. The third-order valence-electron chi connectivity index (χ3n) is 11.1. The minimum atomic E-state index is 0.676. The monoisotopic (exact) mass is 717 g/mol. The number of para-hydroxylation sites is 5. The summed E-state index contributed by atoms with van der Waals surface area (Å²) in [5.41, 5.74) is 11.2. The molecule has 0 radical (unpaired) electrons. The fraction of sp³-hybridized carbons (Fsp3) is 0. The number of benzene rings is 8. The summed E-state index contributed by atoms with van der Waals surface area (Å²) in [6.07, 6.45) is 0. The van der Waals surface area contributed by atoms with Gasteiger partial charge >= 0.3 is 0 Å². The second-order valence-electron chi connectivity index (χ2n) is 14.2. The summed E-state index contributed by atoms with van der Waals surface area (Å²) in [7, 11) is 0. The number of nitrogens with zero attached hydrogens (tertiary/aromatic N) is 5. The van der Waals surface area contributed by atoms with Crippen molar-refractivity contribution < 1.29 is 4.42 Å². The van der Waals surface area contributed by atoms with E-state index >= 15 is 0 Å². The molecule has 6 heteroatoms. The molecule has 262 valence electrons. The van der Waals surface area contributed by atoms with Gasteiger partial charge in [-0.05, 0) is 66.7 Å². The van der Waals surface area contributed by atoms with Gasteiger partial charge in [0.05, 0.1) is 33.1 Å². The second kappa shape index (κ2) is 11.9. The lowest BCUT2D eigenvalue weighted by Gasteiger charge is -2.15. The number of fused-ring (bicyclic) bond motifs is 10. The Labute approximate surface area is 320 Å². The molecule has 12 aromatic rings. The third kappa shape index (κ3) is 4.44. The SMILES string of the molecule is c1ccc(-c2nc(-c3cccc4c5ccccc5n(-c5cccc(-n6c7ccccc7c7ccc8oc9ccccc9c8c76)c5)c34)n(-c3ccccc3)n2)cc1. The van der Waals surface area contributed by atoms with E-state index in [1.54, 1.807) is 0 Å². The molecule has 4 aromatic heterocycles. The van der Waals surface area contributed by atoms with Gasteiger partial charge in [0.25, 0.3) is 0 Å². The van der Waals surface area contributed by atoms with Gasteiger partial charge in [-0.15, -0.1) is 5.10 Å². The van der Waals surface area contributed by atoms with E-state index in [0.29, 0.717) is 5.82 Å². The zero-order valence-corrected chi connectivity index (χ0v) is 30.0. The number of hydrogen-bond donors (Lipinski definition) is 0. The molecule has 0 aliphatic heterocycles. The van der Waals surface area contributed by atoms with E-state index in [0.717, 1.165) is 83.4 Å². The zero-order chi connectivity index (χ0) is 36.7. The van der Waals surface area contributed by atoms with Crippen molar-refractivity contribution in [2.75, 3.05) is 0 Å². The Hall–Kier alpha value is -7.70. The summed E-state index contributed by atoms with van der Waals surface area (Å²) in [5.74, 6) is 1.45. The van der Waals surface area contributed by atoms with Crippen molar-refractivity contribution in [2.24, 2.45) is 0 Å². The average Bonchev–Trinajstić information content (AvgIpc) is 4.04. The van der Waals surface area contributed by atoms with Gasteiger partial charge in [-0.3, -0.25) is 0 Å². The molecule has 0 atom stereocenters. The van der Waals surface area contributed by atoms with Gasteiger partial charge in [-0.25, -0.2) is 9.67 Å². The molecule has 12 rings (SSSR count). The van der Waals surface area contributed by atoms with Crippen LogP contribution in [-0.4, -0.2) is 23.9 Å². The molecule has 0 unspecified atom stereocenters. The zero-order valence-electron chi connectivity index (χ0n) is 30.0. The molecule has 0 fully saturated rings. The van der Waals surface area contributed by atoms with Crippen LogP contribution in [-0.2, 0) is 0 Å². The summed E-state index contributed by atoms with van der Waals surface area (Å²) in [5, 5.41) is 12.1. The van der Waals surface area contributed by atoms with Crippen molar-refractivity contribution in [3.8, 4) is 39.8 Å². The molecular weight excluding hydrogens is 687 g/mol. The van der Waals surface area contributed by atoms with Crippen LogP contribution in [0, 0.1) is 0 Å². The van der Waals surface area contributed by atoms with E-state index in [1.807, 2.05) is 47.1 Å². The van der Waals surface area contributed by atoms with Crippen LogP contribution in [0.15, 0.2) is 192 Å². The highest BCUT2D eigenvalue weighted by Crippen LogP contribution is 2.42. The molecule has 4 heterocycles. The van der Waals surface area contributed by atoms with Gasteiger partial charge in [-0.2, -0.15) is 0 Å². The van der Waals surface area contributed by atoms with E-state index in [2.05, 4.69) is 155 Å². The van der Waals surface area contributed by atoms with Crippen LogP contribution in [0.1, 0.15) is 0 Å². The molecule has 0 amide bonds. The first-order valence-corrected chi connectivity index (χ1v) is 18.8. The number of rotatable bonds is 5. The molecule has 56 heavy (non-hydrogen) atoms. The second-order valence-corrected chi connectivity index (χ2v) is 14.2. The highest BCUT2D eigenvalue weighted by atomic mass is 16.3. The molecule has 0 N–H and O–H groups in total. The molecule has 0 aliphatic carbocycles. The minimum absolute atomic E-state index is 0.676. The van der Waals surface area contributed by atoms with Gasteiger partial charge < -0.3 is 13.6 Å². The first kappa shape index (κ1) is 30.7. The van der Waals surface area contributed by atoms with E-state index in [4.69, 9.17) is 14.5 Å². The van der Waals surface area contributed by atoms with Gasteiger partial charge in [0.2, 0.25) is 0 Å². The Morgan fingerprint density at radius 1 is 0.411 bits per heavy atom. The highest BCUT2D eigenvalue weighted by molar-refractivity contribution is 6.24. The van der Waals surface area contributed by atoms with Crippen molar-refractivity contribution in [1.82, 2.24) is 23.9 Å². The van der Waals surface area contributed by atoms with Crippen molar-refractivity contribution in [1.29, 1.82) is 0 Å². The van der Waals surface area contributed by atoms with Crippen molar-refractivity contribution in [3.63, 3.8) is 0 Å². The summed E-state index contributed by atoms with van der Waals surface area (Å²) >= 11 is 0. The molecule has 0 spiro atoms. The summed E-state index contributed by atoms with van der Waals surface area (Å²) in [6, 6.07) is 65.9. The average molecular weight is 718 g/mol. The first-order valence-electron chi connectivity index (χ1n) is 18.8. The van der Waals surface area contributed by atoms with Crippen LogP contribution in [0.2, 0.25) is 0 Å². The van der Waals surface area contributed by atoms with E-state index in [-0.39, 0.29) is 0 Å². The van der Waals surface area contributed by atoms with Crippen molar-refractivity contribution in [2.45, 2.75) is 0 Å². The Bertz CT molecular complexity index is 3480. The fourth-order valence-electron chi connectivity index (χ4n) is 8.72. The van der Waals surface area contributed by atoms with Gasteiger partial charge in [-0.1, -0.05) is 121 Å². The maximum absolute atomic E-state index is 6.42. The van der Waals surface area contributed by atoms with E-state index in [9.17, 15) is 0 Å². The van der Waals surface area contributed by atoms with Crippen LogP contribution in [0.3, 0.4) is 0 Å². The van der Waals surface area contributed by atoms with Crippen LogP contribution in [0.5, 0.6) is 0 Å². The van der Waals surface area contributed by atoms with Crippen LogP contribution >= 0.6 is 0 Å². The summed E-state index contributed by atoms with van der Waals surface area (Å²) < 4.78 is 13.2. The summed E-state index contributed by atoms with van der Waals surface area (Å²) in [4.78, 5) is 5.28. The van der Waals surface area contributed by atoms with Gasteiger partial charge in [0, 0.05) is 49.4 Å². The number of furan rings is 1. The van der Waals surface area contributed by atoms with E-state index < -0.39 is 0 Å². The minimum Gasteiger partial charge on any atom is -0.456 e. The lowest BCUT2D eigenvalue weighted by molar-refractivity contribution is 0.669. The van der Waals surface area contributed by atoms with Crippen LogP contribution in [0.4, 0.5) is 0 Å². The number of aromatic nitrogens is 5. The molecule has 0 aliphatic rings. The predicted octanol–water partition coefficient (Wildman–Crippen LogP) is 12.7. The largest absolute Gasteiger partial charge is 0.456 e. The first-order chi connectivity index (χ1) is 27.8. The standard InChI is InChI=1S/C50H31N5O/c1-3-15-32(16-4-1)49-51-50(55(52-49)33-17-5-2-6-18-33)41-25-14-24-38-36-21-7-10-26-42(36)53(47(38)41)34-19-13-20-35(31-34)54-43-27-11-8-22-37(43)39-29-30-45-46(48(39)54)40-23-9-12-28-44(40)56-45/h1-31H. The lowest BCUT2D eigenvalue weighted by atomic mass is 10.1. The Morgan fingerprint density at radius 2 is 0.982 bits per heavy atom. The van der Waals surface area contributed by atoms with Crippen molar-refractivity contribution >= 4 is 65.6 Å². The quantitative estimate of drug-likeness (QED) is 0.178. The Kier molecular flexibility index (Phi) is 6.53.